The third kappa shape index (κ3) is 3.81. The molecule has 3 rings (SSSR count). The minimum atomic E-state index is -3.62. The lowest BCUT2D eigenvalue weighted by Gasteiger charge is -2.07. The van der Waals surface area contributed by atoms with Crippen LogP contribution < -0.4 is 11.1 Å². The average molecular weight is 395 g/mol. The summed E-state index contributed by atoms with van der Waals surface area (Å²) in [6.45, 7) is 0. The van der Waals surface area contributed by atoms with E-state index in [1.54, 1.807) is 25.2 Å². The number of carbonyl (C=O) groups excluding carboxylic acids is 1. The molecule has 26 heavy (non-hydrogen) atoms. The quantitative estimate of drug-likeness (QED) is 0.717. The van der Waals surface area contributed by atoms with Gasteiger partial charge < -0.3 is 9.73 Å². The normalized spacial score (nSPS) is 11.6. The van der Waals surface area contributed by atoms with E-state index in [1.165, 1.54) is 28.8 Å². The molecule has 0 aliphatic carbocycles. The van der Waals surface area contributed by atoms with E-state index < -0.39 is 21.5 Å². The van der Waals surface area contributed by atoms with Crippen LogP contribution in [0.3, 0.4) is 0 Å². The Kier molecular flexibility index (Phi) is 4.88. The van der Waals surface area contributed by atoms with Crippen LogP contribution in [0.4, 0.5) is 5.69 Å². The lowest BCUT2D eigenvalue weighted by Crippen LogP contribution is -2.17. The molecule has 0 spiro atoms. The SMILES string of the molecule is Cn1c(=O)oc2cc(NC(=O)CCS(=O)(=O)c3cccc(Cl)c3)ccc21. The molecule has 0 bridgehead atoms. The monoisotopic (exact) mass is 394 g/mol. The predicted molar refractivity (Wildman–Crippen MR) is 98.2 cm³/mol. The fraction of sp³-hybridized carbons (Fsp3) is 0.176. The Labute approximate surface area is 154 Å². The van der Waals surface area contributed by atoms with Crippen LogP contribution in [0.1, 0.15) is 6.42 Å². The van der Waals surface area contributed by atoms with Crippen LogP contribution in [0.2, 0.25) is 5.02 Å². The highest BCUT2D eigenvalue weighted by atomic mass is 35.5. The molecule has 1 heterocycles. The number of sulfone groups is 1. The number of nitrogens with zero attached hydrogens (tertiary/aromatic N) is 1. The van der Waals surface area contributed by atoms with Gasteiger partial charge in [-0.05, 0) is 30.3 Å². The van der Waals surface area contributed by atoms with Crippen LogP contribution in [-0.4, -0.2) is 24.6 Å². The van der Waals surface area contributed by atoms with Gasteiger partial charge in [0.05, 0.1) is 16.2 Å². The average Bonchev–Trinajstić information content (AvgIpc) is 2.87. The number of aromatic nitrogens is 1. The Morgan fingerprint density at radius 1 is 1.23 bits per heavy atom. The Morgan fingerprint density at radius 3 is 2.73 bits per heavy atom. The Balaban J connectivity index is 1.68. The summed E-state index contributed by atoms with van der Waals surface area (Å²) in [6, 6.07) is 10.7. The van der Waals surface area contributed by atoms with Gasteiger partial charge in [0, 0.05) is 30.2 Å². The number of benzene rings is 2. The first-order valence-electron chi connectivity index (χ1n) is 7.64. The first-order valence-corrected chi connectivity index (χ1v) is 9.67. The number of nitrogens with one attached hydrogen (secondary N) is 1. The highest BCUT2D eigenvalue weighted by Crippen LogP contribution is 2.19. The predicted octanol–water partition coefficient (Wildman–Crippen LogP) is 2.59. The van der Waals surface area contributed by atoms with Gasteiger partial charge in [-0.2, -0.15) is 0 Å². The number of oxazole rings is 1. The molecule has 2 aromatic carbocycles. The van der Waals surface area contributed by atoms with Crippen LogP contribution in [0.15, 0.2) is 56.6 Å². The van der Waals surface area contributed by atoms with Crippen molar-refractivity contribution in [3.8, 4) is 0 Å². The van der Waals surface area contributed by atoms with Crippen molar-refractivity contribution in [3.63, 3.8) is 0 Å². The third-order valence-electron chi connectivity index (χ3n) is 3.83. The van der Waals surface area contributed by atoms with E-state index in [4.69, 9.17) is 16.0 Å². The van der Waals surface area contributed by atoms with Crippen molar-refractivity contribution < 1.29 is 17.6 Å². The number of amides is 1. The molecule has 0 aliphatic heterocycles. The summed E-state index contributed by atoms with van der Waals surface area (Å²) >= 11 is 5.80. The van der Waals surface area contributed by atoms with E-state index in [1.807, 2.05) is 0 Å². The van der Waals surface area contributed by atoms with Crippen molar-refractivity contribution in [1.82, 2.24) is 4.57 Å². The van der Waals surface area contributed by atoms with Gasteiger partial charge in [-0.15, -0.1) is 0 Å². The minimum Gasteiger partial charge on any atom is -0.408 e. The van der Waals surface area contributed by atoms with Crippen molar-refractivity contribution in [2.24, 2.45) is 7.05 Å². The molecule has 0 unspecified atom stereocenters. The van der Waals surface area contributed by atoms with E-state index in [2.05, 4.69) is 5.32 Å². The lowest BCUT2D eigenvalue weighted by molar-refractivity contribution is -0.115. The molecule has 0 saturated heterocycles. The molecule has 0 atom stereocenters. The second-order valence-electron chi connectivity index (χ2n) is 5.68. The summed E-state index contributed by atoms with van der Waals surface area (Å²) in [6.07, 6.45) is -0.217. The van der Waals surface area contributed by atoms with Crippen LogP contribution in [0.25, 0.3) is 11.1 Å². The lowest BCUT2D eigenvalue weighted by atomic mass is 10.2. The van der Waals surface area contributed by atoms with E-state index in [9.17, 15) is 18.0 Å². The zero-order chi connectivity index (χ0) is 18.9. The van der Waals surface area contributed by atoms with Crippen molar-refractivity contribution in [3.05, 3.63) is 58.0 Å². The second-order valence-corrected chi connectivity index (χ2v) is 8.23. The molecule has 1 N–H and O–H groups in total. The molecular formula is C17H15ClN2O5S. The van der Waals surface area contributed by atoms with E-state index in [0.29, 0.717) is 21.8 Å². The summed E-state index contributed by atoms with van der Waals surface area (Å²) in [5.74, 6) is -1.31. The number of fused-ring (bicyclic) bond motifs is 1. The number of carbonyl (C=O) groups is 1. The van der Waals surface area contributed by atoms with Gasteiger partial charge in [0.1, 0.15) is 0 Å². The molecule has 9 heteroatoms. The number of anilines is 1. The fourth-order valence-electron chi connectivity index (χ4n) is 2.44. The number of aryl methyl sites for hydroxylation is 1. The molecule has 0 saturated carbocycles. The molecule has 0 radical (unpaired) electrons. The number of halogens is 1. The number of hydrogen-bond donors (Lipinski definition) is 1. The largest absolute Gasteiger partial charge is 0.419 e. The molecule has 1 amide bonds. The van der Waals surface area contributed by atoms with Gasteiger partial charge in [-0.3, -0.25) is 9.36 Å². The maximum absolute atomic E-state index is 12.3. The van der Waals surface area contributed by atoms with E-state index in [0.717, 1.165) is 0 Å². The van der Waals surface area contributed by atoms with Gasteiger partial charge in [-0.25, -0.2) is 13.2 Å². The topological polar surface area (TPSA) is 98.4 Å². The van der Waals surface area contributed by atoms with Crippen LogP contribution in [0.5, 0.6) is 0 Å². The van der Waals surface area contributed by atoms with Crippen molar-refractivity contribution >= 4 is 44.1 Å². The highest BCUT2D eigenvalue weighted by Gasteiger charge is 2.17. The van der Waals surface area contributed by atoms with Crippen LogP contribution in [-0.2, 0) is 21.7 Å². The standard InChI is InChI=1S/C17H15ClN2O5S/c1-20-14-6-5-12(10-15(14)25-17(20)22)19-16(21)7-8-26(23,24)13-4-2-3-11(18)9-13/h2-6,9-10H,7-8H2,1H3,(H,19,21). The van der Waals surface area contributed by atoms with Gasteiger partial charge in [0.15, 0.2) is 15.4 Å². The maximum atomic E-state index is 12.3. The van der Waals surface area contributed by atoms with Crippen LogP contribution >= 0.6 is 11.6 Å². The summed E-state index contributed by atoms with van der Waals surface area (Å²) in [5, 5.41) is 2.91. The first kappa shape index (κ1) is 18.2. The minimum absolute atomic E-state index is 0.0743. The summed E-state index contributed by atoms with van der Waals surface area (Å²) in [7, 11) is -2.04. The number of rotatable bonds is 5. The Bertz CT molecular complexity index is 1150. The summed E-state index contributed by atoms with van der Waals surface area (Å²) in [5.41, 5.74) is 1.34. The molecule has 136 valence electrons. The third-order valence-corrected chi connectivity index (χ3v) is 5.78. The van der Waals surface area contributed by atoms with Crippen molar-refractivity contribution in [1.29, 1.82) is 0 Å². The molecular weight excluding hydrogens is 380 g/mol. The molecule has 1 aromatic heterocycles. The molecule has 7 nitrogen and oxygen atoms in total. The summed E-state index contributed by atoms with van der Waals surface area (Å²) < 4.78 is 30.9. The molecule has 0 aliphatic rings. The maximum Gasteiger partial charge on any atom is 0.419 e. The second kappa shape index (κ2) is 6.97. The smallest absolute Gasteiger partial charge is 0.408 e. The summed E-state index contributed by atoms with van der Waals surface area (Å²) in [4.78, 5) is 23.6. The van der Waals surface area contributed by atoms with Gasteiger partial charge in [0.2, 0.25) is 5.91 Å². The van der Waals surface area contributed by atoms with Gasteiger partial charge in [0.25, 0.3) is 0 Å². The van der Waals surface area contributed by atoms with Crippen molar-refractivity contribution in [2.45, 2.75) is 11.3 Å². The van der Waals surface area contributed by atoms with Gasteiger partial charge >= 0.3 is 5.76 Å². The van der Waals surface area contributed by atoms with Gasteiger partial charge in [-0.1, -0.05) is 17.7 Å². The van der Waals surface area contributed by atoms with E-state index >= 15 is 0 Å². The number of hydrogen-bond acceptors (Lipinski definition) is 5. The van der Waals surface area contributed by atoms with Crippen molar-refractivity contribution in [2.75, 3.05) is 11.1 Å². The molecule has 3 aromatic rings. The Hall–Kier alpha value is -2.58. The Morgan fingerprint density at radius 2 is 2.00 bits per heavy atom. The van der Waals surface area contributed by atoms with Crippen LogP contribution in [0, 0.1) is 0 Å². The fourth-order valence-corrected chi connectivity index (χ4v) is 3.98. The molecule has 0 fully saturated rings. The highest BCUT2D eigenvalue weighted by molar-refractivity contribution is 7.91. The first-order chi connectivity index (χ1) is 12.3. The van der Waals surface area contributed by atoms with E-state index in [-0.39, 0.29) is 17.1 Å². The zero-order valence-electron chi connectivity index (χ0n) is 13.7. The zero-order valence-corrected chi connectivity index (χ0v) is 15.3.